The molecule has 3 aromatic carbocycles. The van der Waals surface area contributed by atoms with Gasteiger partial charge in [0.15, 0.2) is 5.69 Å². The average Bonchev–Trinajstić information content (AvgIpc) is 3.03. The molecule has 3 N–H and O–H groups in total. The fourth-order valence-electron chi connectivity index (χ4n) is 3.24. The highest BCUT2D eigenvalue weighted by atomic mass is 32.2. The highest BCUT2D eigenvalue weighted by Gasteiger charge is 2.17. The summed E-state index contributed by atoms with van der Waals surface area (Å²) in [6, 6.07) is 22.0. The van der Waals surface area contributed by atoms with E-state index in [4.69, 9.17) is 5.14 Å². The van der Waals surface area contributed by atoms with Gasteiger partial charge in [-0.1, -0.05) is 48.5 Å². The Hall–Kier alpha value is -3.82. The molecule has 1 heterocycles. The number of amides is 1. The minimum Gasteiger partial charge on any atom is -0.493 e. The molecule has 0 radical (unpaired) electrons. The first-order valence-corrected chi connectivity index (χ1v) is 10.8. The van der Waals surface area contributed by atoms with Crippen molar-refractivity contribution < 1.29 is 18.3 Å². The van der Waals surface area contributed by atoms with Crippen LogP contribution in [0.3, 0.4) is 0 Å². The summed E-state index contributed by atoms with van der Waals surface area (Å²) < 4.78 is 24.4. The zero-order chi connectivity index (χ0) is 22.0. The van der Waals surface area contributed by atoms with E-state index in [2.05, 4.69) is 10.2 Å². The van der Waals surface area contributed by atoms with Crippen molar-refractivity contribution in [1.29, 1.82) is 0 Å². The molecule has 0 aliphatic rings. The Kier molecular flexibility index (Phi) is 5.37. The number of nitrogens with two attached hydrogens (primary N) is 1. The molecular formula is C22H18N4O4S. The number of carbonyl (C=O) groups is 1. The molecule has 0 fully saturated rings. The second-order valence-electron chi connectivity index (χ2n) is 6.84. The molecule has 31 heavy (non-hydrogen) atoms. The highest BCUT2D eigenvalue weighted by Crippen LogP contribution is 2.39. The van der Waals surface area contributed by atoms with Gasteiger partial charge in [0.1, 0.15) is 0 Å². The quantitative estimate of drug-likeness (QED) is 0.461. The Morgan fingerprint density at radius 1 is 0.935 bits per heavy atom. The van der Waals surface area contributed by atoms with Crippen LogP contribution in [0.1, 0.15) is 15.9 Å². The Morgan fingerprint density at radius 2 is 1.58 bits per heavy atom. The molecule has 8 nitrogen and oxygen atoms in total. The maximum atomic E-state index is 12.4. The van der Waals surface area contributed by atoms with Crippen LogP contribution in [-0.2, 0) is 16.6 Å². The number of aromatic hydroxyl groups is 1. The van der Waals surface area contributed by atoms with E-state index in [1.807, 2.05) is 42.5 Å². The molecule has 156 valence electrons. The van der Waals surface area contributed by atoms with Crippen molar-refractivity contribution in [2.45, 2.75) is 11.4 Å². The van der Waals surface area contributed by atoms with Gasteiger partial charge in [-0.15, -0.1) is 10.2 Å². The molecule has 0 aliphatic carbocycles. The number of carbonyl (C=O) groups excluding carboxylic acids is 1. The number of azo groups is 1. The Bertz CT molecular complexity index is 1390. The largest absolute Gasteiger partial charge is 0.493 e. The number of nitrogens with zero attached hydrogens (tertiary/aromatic N) is 3. The number of benzene rings is 3. The summed E-state index contributed by atoms with van der Waals surface area (Å²) >= 11 is 0. The van der Waals surface area contributed by atoms with Gasteiger partial charge in [-0.05, 0) is 35.9 Å². The van der Waals surface area contributed by atoms with Crippen LogP contribution in [0, 0.1) is 0 Å². The molecule has 4 rings (SSSR count). The monoisotopic (exact) mass is 434 g/mol. The highest BCUT2D eigenvalue weighted by molar-refractivity contribution is 7.89. The summed E-state index contributed by atoms with van der Waals surface area (Å²) in [5.74, 6) is -0.786. The molecule has 0 bridgehead atoms. The van der Waals surface area contributed by atoms with E-state index in [1.54, 1.807) is 16.7 Å². The third kappa shape index (κ3) is 4.23. The van der Waals surface area contributed by atoms with Crippen molar-refractivity contribution in [2.75, 3.05) is 0 Å². The van der Waals surface area contributed by atoms with Gasteiger partial charge < -0.3 is 9.67 Å². The van der Waals surface area contributed by atoms with Crippen molar-refractivity contribution in [1.82, 2.24) is 4.57 Å². The average molecular weight is 434 g/mol. The first kappa shape index (κ1) is 20.5. The zero-order valence-electron chi connectivity index (χ0n) is 16.2. The Balaban J connectivity index is 1.67. The fourth-order valence-corrected chi connectivity index (χ4v) is 3.75. The predicted octanol–water partition coefficient (Wildman–Crippen LogP) is 3.97. The number of hydrogen-bond acceptors (Lipinski definition) is 5. The van der Waals surface area contributed by atoms with Crippen molar-refractivity contribution in [3.05, 3.63) is 90.0 Å². The van der Waals surface area contributed by atoms with Crippen LogP contribution in [0.2, 0.25) is 0 Å². The Labute approximate surface area is 178 Å². The van der Waals surface area contributed by atoms with Gasteiger partial charge in [-0.2, -0.15) is 0 Å². The first-order valence-electron chi connectivity index (χ1n) is 9.27. The summed E-state index contributed by atoms with van der Waals surface area (Å²) in [5.41, 5.74) is 2.07. The molecule has 0 spiro atoms. The minimum atomic E-state index is -3.85. The first-order chi connectivity index (χ1) is 14.8. The van der Waals surface area contributed by atoms with E-state index in [0.29, 0.717) is 11.9 Å². The van der Waals surface area contributed by atoms with Gasteiger partial charge >= 0.3 is 0 Å². The molecule has 0 atom stereocenters. The van der Waals surface area contributed by atoms with Crippen molar-refractivity contribution >= 4 is 32.5 Å². The van der Waals surface area contributed by atoms with Crippen LogP contribution >= 0.6 is 0 Å². The normalized spacial score (nSPS) is 11.9. The maximum absolute atomic E-state index is 12.4. The van der Waals surface area contributed by atoms with E-state index >= 15 is 0 Å². The summed E-state index contributed by atoms with van der Waals surface area (Å²) in [6.07, 6.45) is 0. The van der Waals surface area contributed by atoms with E-state index in [0.717, 1.165) is 11.1 Å². The smallest absolute Gasteiger partial charge is 0.295 e. The van der Waals surface area contributed by atoms with Gasteiger partial charge in [0.05, 0.1) is 17.0 Å². The molecule has 9 heteroatoms. The fraction of sp³-hybridized carbons (Fsp3) is 0.0455. The van der Waals surface area contributed by atoms with Gasteiger partial charge in [-0.3, -0.25) is 4.79 Å². The third-order valence-corrected chi connectivity index (χ3v) is 5.70. The number of sulfonamides is 1. The van der Waals surface area contributed by atoms with Gasteiger partial charge in [0.2, 0.25) is 15.9 Å². The topological polar surface area (TPSA) is 127 Å². The van der Waals surface area contributed by atoms with Crippen LogP contribution in [-0.4, -0.2) is 24.0 Å². The third-order valence-electron chi connectivity index (χ3n) is 4.77. The van der Waals surface area contributed by atoms with E-state index in [9.17, 15) is 18.3 Å². The van der Waals surface area contributed by atoms with Gasteiger partial charge in [-0.25, -0.2) is 13.6 Å². The molecule has 0 saturated heterocycles. The lowest BCUT2D eigenvalue weighted by molar-refractivity contribution is 0.0995. The second-order valence-corrected chi connectivity index (χ2v) is 8.40. The maximum Gasteiger partial charge on any atom is 0.295 e. The van der Waals surface area contributed by atoms with Crippen molar-refractivity contribution in [3.8, 4) is 5.88 Å². The molecule has 0 aliphatic heterocycles. The van der Waals surface area contributed by atoms with Crippen molar-refractivity contribution in [3.63, 3.8) is 0 Å². The van der Waals surface area contributed by atoms with Gasteiger partial charge in [0.25, 0.3) is 5.91 Å². The number of hydrogen-bond donors (Lipinski definition) is 2. The number of aromatic nitrogens is 1. The van der Waals surface area contributed by atoms with E-state index < -0.39 is 15.9 Å². The summed E-state index contributed by atoms with van der Waals surface area (Å²) in [6.45, 7) is 0.422. The van der Waals surface area contributed by atoms with Crippen molar-refractivity contribution in [2.24, 2.45) is 15.4 Å². The zero-order valence-corrected chi connectivity index (χ0v) is 17.0. The summed E-state index contributed by atoms with van der Waals surface area (Å²) in [5, 5.41) is 24.2. The van der Waals surface area contributed by atoms with E-state index in [1.165, 1.54) is 24.3 Å². The molecule has 4 aromatic rings. The lowest BCUT2D eigenvalue weighted by atomic mass is 10.2. The van der Waals surface area contributed by atoms with E-state index in [-0.39, 0.29) is 22.0 Å². The minimum absolute atomic E-state index is 0.105. The molecule has 0 unspecified atom stereocenters. The van der Waals surface area contributed by atoms with Crippen LogP contribution in [0.25, 0.3) is 10.9 Å². The van der Waals surface area contributed by atoms with Crippen LogP contribution in [0.5, 0.6) is 5.88 Å². The number of rotatable bonds is 5. The standard InChI is InChI=1S/C22H18N4O4S/c23-31(29,30)17-12-10-16(11-13-17)21(27)25-24-20-18-8-4-5-9-19(18)26(22(20)28)14-15-6-2-1-3-7-15/h1-13,28H,14H2,(H2,23,29,30). The van der Waals surface area contributed by atoms with Crippen LogP contribution < -0.4 is 5.14 Å². The number of fused-ring (bicyclic) bond motifs is 1. The second kappa shape index (κ2) is 8.13. The molecule has 1 amide bonds. The number of para-hydroxylation sites is 1. The van der Waals surface area contributed by atoms with Gasteiger partial charge in [0, 0.05) is 10.9 Å². The lowest BCUT2D eigenvalue weighted by Gasteiger charge is -2.06. The molecule has 1 aromatic heterocycles. The summed E-state index contributed by atoms with van der Waals surface area (Å²) in [4.78, 5) is 12.3. The Morgan fingerprint density at radius 3 is 2.26 bits per heavy atom. The SMILES string of the molecule is NS(=O)(=O)c1ccc(C(=O)N=Nc2c(O)n(Cc3ccccc3)c3ccccc23)cc1. The summed E-state index contributed by atoms with van der Waals surface area (Å²) in [7, 11) is -3.85. The van der Waals surface area contributed by atoms with Crippen LogP contribution in [0.4, 0.5) is 5.69 Å². The number of primary sulfonamides is 1. The predicted molar refractivity (Wildman–Crippen MR) is 116 cm³/mol. The molecular weight excluding hydrogens is 416 g/mol. The molecule has 0 saturated carbocycles. The van der Waals surface area contributed by atoms with Crippen LogP contribution in [0.15, 0.2) is 94.0 Å². The lowest BCUT2D eigenvalue weighted by Crippen LogP contribution is -2.12.